The summed E-state index contributed by atoms with van der Waals surface area (Å²) in [7, 11) is 0. The number of thiophene rings is 1. The fraction of sp³-hybridized carbons (Fsp3) is 0.182. The summed E-state index contributed by atoms with van der Waals surface area (Å²) in [6.45, 7) is 0.763. The zero-order valence-electron chi connectivity index (χ0n) is 7.95. The van der Waals surface area contributed by atoms with Crippen molar-refractivity contribution in [3.8, 4) is 0 Å². The third-order valence-corrected chi connectivity index (χ3v) is 4.81. The molecule has 2 aromatic rings. The maximum Gasteiger partial charge on any atom is 0.262 e. The first kappa shape index (κ1) is 9.24. The monoisotopic (exact) mass is 235 g/mol. The van der Waals surface area contributed by atoms with Gasteiger partial charge in [0.15, 0.2) is 0 Å². The van der Waals surface area contributed by atoms with E-state index >= 15 is 0 Å². The molecule has 0 aliphatic carbocycles. The van der Waals surface area contributed by atoms with Crippen molar-refractivity contribution in [1.29, 1.82) is 0 Å². The van der Waals surface area contributed by atoms with Crippen LogP contribution in [0.5, 0.6) is 0 Å². The molecule has 0 spiro atoms. The summed E-state index contributed by atoms with van der Waals surface area (Å²) in [5, 5.41) is 4.13. The Morgan fingerprint density at radius 3 is 3.07 bits per heavy atom. The molecule has 0 atom stereocenters. The maximum atomic E-state index is 11.8. The fourth-order valence-electron chi connectivity index (χ4n) is 1.71. The Morgan fingerprint density at radius 2 is 2.13 bits per heavy atom. The van der Waals surface area contributed by atoms with Crippen molar-refractivity contribution in [1.82, 2.24) is 5.32 Å². The van der Waals surface area contributed by atoms with E-state index < -0.39 is 0 Å². The van der Waals surface area contributed by atoms with Crippen molar-refractivity contribution >= 4 is 39.1 Å². The highest BCUT2D eigenvalue weighted by Crippen LogP contribution is 2.38. The molecule has 0 saturated carbocycles. The summed E-state index contributed by atoms with van der Waals surface area (Å²) in [6, 6.07) is 8.21. The summed E-state index contributed by atoms with van der Waals surface area (Å²) in [5.74, 6) is 1.04. The minimum Gasteiger partial charge on any atom is -0.350 e. The van der Waals surface area contributed by atoms with Crippen LogP contribution in [0.25, 0.3) is 10.1 Å². The van der Waals surface area contributed by atoms with Crippen LogP contribution in [0, 0.1) is 0 Å². The van der Waals surface area contributed by atoms with E-state index in [1.165, 1.54) is 10.1 Å². The number of carbonyl (C=O) groups excluding carboxylic acids is 1. The molecule has 4 heteroatoms. The molecular weight excluding hydrogens is 226 g/mol. The quantitative estimate of drug-likeness (QED) is 0.760. The molecule has 76 valence electrons. The van der Waals surface area contributed by atoms with E-state index in [0.29, 0.717) is 0 Å². The van der Waals surface area contributed by atoms with Crippen molar-refractivity contribution < 1.29 is 4.79 Å². The molecule has 0 saturated heterocycles. The summed E-state index contributed by atoms with van der Waals surface area (Å²) in [5.41, 5.74) is 0. The van der Waals surface area contributed by atoms with E-state index in [1.807, 2.05) is 12.1 Å². The number of hydrogen-bond donors (Lipinski definition) is 1. The minimum absolute atomic E-state index is 0.0798. The van der Waals surface area contributed by atoms with E-state index in [0.717, 1.165) is 22.1 Å². The highest BCUT2D eigenvalue weighted by atomic mass is 32.2. The second-order valence-electron chi connectivity index (χ2n) is 3.36. The molecule has 1 aromatic carbocycles. The van der Waals surface area contributed by atoms with Gasteiger partial charge in [-0.05, 0) is 6.07 Å². The summed E-state index contributed by atoms with van der Waals surface area (Å²) in [6.07, 6.45) is 0. The molecule has 0 radical (unpaired) electrons. The molecule has 0 fully saturated rings. The van der Waals surface area contributed by atoms with Crippen molar-refractivity contribution in [2.24, 2.45) is 0 Å². The SMILES string of the molecule is O=C1NCCSc2c1sc1ccccc21. The predicted octanol–water partition coefficient (Wildman–Crippen LogP) is 2.74. The first-order chi connectivity index (χ1) is 7.36. The lowest BCUT2D eigenvalue weighted by atomic mass is 10.2. The third kappa shape index (κ3) is 1.44. The zero-order chi connectivity index (χ0) is 10.3. The van der Waals surface area contributed by atoms with Crippen LogP contribution in [0.4, 0.5) is 0 Å². The van der Waals surface area contributed by atoms with Gasteiger partial charge in [0, 0.05) is 27.3 Å². The number of hydrogen-bond acceptors (Lipinski definition) is 3. The van der Waals surface area contributed by atoms with Crippen LogP contribution >= 0.6 is 23.1 Å². The molecular formula is C11H9NOS2. The molecule has 1 N–H and O–H groups in total. The Labute approximate surface area is 95.7 Å². The minimum atomic E-state index is 0.0798. The van der Waals surface area contributed by atoms with Crippen molar-refractivity contribution in [2.75, 3.05) is 12.3 Å². The van der Waals surface area contributed by atoms with Crippen molar-refractivity contribution in [3.63, 3.8) is 0 Å². The molecule has 1 aliphatic heterocycles. The number of carbonyl (C=O) groups is 1. The second kappa shape index (κ2) is 3.54. The van der Waals surface area contributed by atoms with Crippen LogP contribution < -0.4 is 5.32 Å². The van der Waals surface area contributed by atoms with E-state index in [1.54, 1.807) is 23.1 Å². The van der Waals surface area contributed by atoms with Crippen LogP contribution in [0.3, 0.4) is 0 Å². The highest BCUT2D eigenvalue weighted by molar-refractivity contribution is 7.99. The van der Waals surface area contributed by atoms with Crippen LogP contribution in [-0.4, -0.2) is 18.2 Å². The highest BCUT2D eigenvalue weighted by Gasteiger charge is 2.20. The van der Waals surface area contributed by atoms with Crippen molar-refractivity contribution in [2.45, 2.75) is 4.90 Å². The number of nitrogens with one attached hydrogen (secondary N) is 1. The lowest BCUT2D eigenvalue weighted by Crippen LogP contribution is -2.22. The lowest BCUT2D eigenvalue weighted by Gasteiger charge is -1.95. The molecule has 15 heavy (non-hydrogen) atoms. The Balaban J connectivity index is 2.30. The van der Waals surface area contributed by atoms with E-state index in [4.69, 9.17) is 0 Å². The first-order valence-electron chi connectivity index (χ1n) is 4.79. The van der Waals surface area contributed by atoms with E-state index in [2.05, 4.69) is 17.4 Å². The van der Waals surface area contributed by atoms with Gasteiger partial charge in [0.2, 0.25) is 0 Å². The number of amides is 1. The molecule has 2 nitrogen and oxygen atoms in total. The summed E-state index contributed by atoms with van der Waals surface area (Å²) >= 11 is 3.36. The largest absolute Gasteiger partial charge is 0.350 e. The first-order valence-corrected chi connectivity index (χ1v) is 6.59. The average Bonchev–Trinajstić information content (AvgIpc) is 2.54. The second-order valence-corrected chi connectivity index (χ2v) is 5.52. The van der Waals surface area contributed by atoms with Crippen LogP contribution in [0.1, 0.15) is 9.67 Å². The fourth-order valence-corrected chi connectivity index (χ4v) is 4.06. The number of rotatable bonds is 0. The van der Waals surface area contributed by atoms with Crippen LogP contribution in [0.2, 0.25) is 0 Å². The van der Waals surface area contributed by atoms with Crippen LogP contribution in [0.15, 0.2) is 29.2 Å². The van der Waals surface area contributed by atoms with E-state index in [-0.39, 0.29) is 5.91 Å². The van der Waals surface area contributed by atoms with Gasteiger partial charge < -0.3 is 5.32 Å². The molecule has 3 rings (SSSR count). The molecule has 0 bridgehead atoms. The Bertz CT molecular complexity index is 532. The molecule has 0 unspecified atom stereocenters. The standard InChI is InChI=1S/C11H9NOS2/c13-11-10-9(14-6-5-12-11)7-3-1-2-4-8(7)15-10/h1-4H,5-6H2,(H,12,13). The third-order valence-electron chi connectivity index (χ3n) is 2.39. The van der Waals surface area contributed by atoms with Crippen LogP contribution in [-0.2, 0) is 0 Å². The molecule has 2 heterocycles. The van der Waals surface area contributed by atoms with Gasteiger partial charge in [-0.2, -0.15) is 0 Å². The Hall–Kier alpha value is -1.00. The molecule has 1 aliphatic rings. The molecule has 1 amide bonds. The maximum absolute atomic E-state index is 11.8. The van der Waals surface area contributed by atoms with E-state index in [9.17, 15) is 4.79 Å². The van der Waals surface area contributed by atoms with Gasteiger partial charge in [0.1, 0.15) is 4.88 Å². The number of thioether (sulfide) groups is 1. The normalized spacial score (nSPS) is 15.9. The van der Waals surface area contributed by atoms with Gasteiger partial charge >= 0.3 is 0 Å². The Kier molecular flexibility index (Phi) is 2.18. The summed E-state index contributed by atoms with van der Waals surface area (Å²) < 4.78 is 1.20. The topological polar surface area (TPSA) is 29.1 Å². The Morgan fingerprint density at radius 1 is 1.27 bits per heavy atom. The van der Waals surface area contributed by atoms with Crippen molar-refractivity contribution in [3.05, 3.63) is 29.1 Å². The summed E-state index contributed by atoms with van der Waals surface area (Å²) in [4.78, 5) is 13.8. The van der Waals surface area contributed by atoms with Gasteiger partial charge in [-0.1, -0.05) is 18.2 Å². The molecule has 1 aromatic heterocycles. The van der Waals surface area contributed by atoms with Gasteiger partial charge in [-0.3, -0.25) is 4.79 Å². The smallest absolute Gasteiger partial charge is 0.262 e. The van der Waals surface area contributed by atoms with Gasteiger partial charge in [0.25, 0.3) is 5.91 Å². The van der Waals surface area contributed by atoms with Gasteiger partial charge in [-0.15, -0.1) is 23.1 Å². The van der Waals surface area contributed by atoms with Gasteiger partial charge in [0.05, 0.1) is 0 Å². The van der Waals surface area contributed by atoms with Gasteiger partial charge in [-0.25, -0.2) is 0 Å². The number of benzene rings is 1. The average molecular weight is 235 g/mol. The zero-order valence-corrected chi connectivity index (χ0v) is 9.58. The lowest BCUT2D eigenvalue weighted by molar-refractivity contribution is 0.0959. The predicted molar refractivity (Wildman–Crippen MR) is 64.9 cm³/mol. The number of fused-ring (bicyclic) bond motifs is 3.